The van der Waals surface area contributed by atoms with E-state index in [1.165, 1.54) is 5.56 Å². The van der Waals surface area contributed by atoms with Crippen molar-refractivity contribution in [3.05, 3.63) is 114 Å². The summed E-state index contributed by atoms with van der Waals surface area (Å²) in [6, 6.07) is 31.2. The van der Waals surface area contributed by atoms with Crippen molar-refractivity contribution in [3.8, 4) is 5.69 Å². The molecule has 0 bridgehead atoms. The number of nitrogens with one attached hydrogen (secondary N) is 2. The number of aromatic nitrogens is 2. The second kappa shape index (κ2) is 7.32. The van der Waals surface area contributed by atoms with E-state index in [0.717, 1.165) is 34.1 Å². The predicted molar refractivity (Wildman–Crippen MR) is 119 cm³/mol. The van der Waals surface area contributed by atoms with Gasteiger partial charge in [-0.2, -0.15) is 5.10 Å². The average Bonchev–Trinajstić information content (AvgIpc) is 2.97. The normalized spacial score (nSPS) is 15.5. The molecule has 0 amide bonds. The first-order valence-corrected chi connectivity index (χ1v) is 9.80. The second-order valence-corrected chi connectivity index (χ2v) is 7.16. The van der Waals surface area contributed by atoms with E-state index in [4.69, 9.17) is 5.10 Å². The van der Waals surface area contributed by atoms with E-state index >= 15 is 0 Å². The standard InChI is InChI=1S/C25H22N4/c1-18-24-25(29(28-18)21-15-9-4-10-16-21)27-23(20-13-7-3-8-14-20)17-22(26-24)19-11-5-2-6-12-19/h2-17,23,26-27H,1H3/t23-/m1/s1. The summed E-state index contributed by atoms with van der Waals surface area (Å²) in [6.45, 7) is 2.04. The second-order valence-electron chi connectivity index (χ2n) is 7.16. The lowest BCUT2D eigenvalue weighted by Gasteiger charge is -2.17. The fourth-order valence-corrected chi connectivity index (χ4v) is 3.72. The van der Waals surface area contributed by atoms with Crippen LogP contribution in [-0.2, 0) is 0 Å². The zero-order valence-electron chi connectivity index (χ0n) is 16.2. The molecule has 0 saturated heterocycles. The topological polar surface area (TPSA) is 41.9 Å². The monoisotopic (exact) mass is 378 g/mol. The zero-order chi connectivity index (χ0) is 19.6. The van der Waals surface area contributed by atoms with Crippen LogP contribution in [0.5, 0.6) is 0 Å². The maximum Gasteiger partial charge on any atom is 0.154 e. The van der Waals surface area contributed by atoms with E-state index in [9.17, 15) is 0 Å². The summed E-state index contributed by atoms with van der Waals surface area (Å²) in [6.07, 6.45) is 2.25. The van der Waals surface area contributed by atoms with E-state index in [2.05, 4.69) is 77.4 Å². The third-order valence-electron chi connectivity index (χ3n) is 5.19. The van der Waals surface area contributed by atoms with Gasteiger partial charge in [0.2, 0.25) is 0 Å². The van der Waals surface area contributed by atoms with Gasteiger partial charge < -0.3 is 10.6 Å². The Hall–Kier alpha value is -3.79. The number of para-hydroxylation sites is 1. The minimum absolute atomic E-state index is 0.0127. The highest BCUT2D eigenvalue weighted by Gasteiger charge is 2.24. The van der Waals surface area contributed by atoms with Gasteiger partial charge in [-0.1, -0.05) is 78.9 Å². The minimum Gasteiger partial charge on any atom is -0.358 e. The van der Waals surface area contributed by atoms with Crippen LogP contribution >= 0.6 is 0 Å². The summed E-state index contributed by atoms with van der Waals surface area (Å²) < 4.78 is 1.98. The SMILES string of the molecule is Cc1nn(-c2ccccc2)c2c1NC(c1ccccc1)=C[C@H](c1ccccc1)N2. The van der Waals surface area contributed by atoms with Gasteiger partial charge in [0, 0.05) is 5.70 Å². The lowest BCUT2D eigenvalue weighted by Crippen LogP contribution is -2.11. The maximum atomic E-state index is 4.82. The van der Waals surface area contributed by atoms with Crippen molar-refractivity contribution in [3.63, 3.8) is 0 Å². The Labute approximate surface area is 170 Å². The Kier molecular flexibility index (Phi) is 4.37. The van der Waals surface area contributed by atoms with Gasteiger partial charge in [-0.3, -0.25) is 0 Å². The van der Waals surface area contributed by atoms with Gasteiger partial charge in [0.15, 0.2) is 5.82 Å². The van der Waals surface area contributed by atoms with Crippen LogP contribution in [0.15, 0.2) is 97.1 Å². The van der Waals surface area contributed by atoms with Crippen molar-refractivity contribution in [2.24, 2.45) is 0 Å². The van der Waals surface area contributed by atoms with E-state index in [-0.39, 0.29) is 6.04 Å². The number of anilines is 2. The van der Waals surface area contributed by atoms with Gasteiger partial charge in [-0.25, -0.2) is 4.68 Å². The molecule has 1 aromatic heterocycles. The van der Waals surface area contributed by atoms with Gasteiger partial charge >= 0.3 is 0 Å². The number of aryl methyl sites for hydroxylation is 1. The Morgan fingerprint density at radius 1 is 0.793 bits per heavy atom. The number of rotatable bonds is 3. The minimum atomic E-state index is 0.0127. The molecule has 0 spiro atoms. The van der Waals surface area contributed by atoms with Crippen LogP contribution in [0.25, 0.3) is 11.4 Å². The largest absolute Gasteiger partial charge is 0.358 e. The molecule has 1 aliphatic rings. The fourth-order valence-electron chi connectivity index (χ4n) is 3.72. The van der Waals surface area contributed by atoms with Gasteiger partial charge in [0.05, 0.1) is 17.4 Å². The first kappa shape index (κ1) is 17.3. The summed E-state index contributed by atoms with van der Waals surface area (Å²) in [5.74, 6) is 0.963. The summed E-state index contributed by atoms with van der Waals surface area (Å²) in [4.78, 5) is 0. The van der Waals surface area contributed by atoms with E-state index in [1.807, 2.05) is 41.9 Å². The summed E-state index contributed by atoms with van der Waals surface area (Å²) in [5, 5.41) is 12.2. The van der Waals surface area contributed by atoms with Crippen LogP contribution < -0.4 is 10.6 Å². The van der Waals surface area contributed by atoms with Crippen LogP contribution in [0.4, 0.5) is 11.5 Å². The van der Waals surface area contributed by atoms with E-state index in [1.54, 1.807) is 0 Å². The third kappa shape index (κ3) is 3.29. The lowest BCUT2D eigenvalue weighted by atomic mass is 10.0. The Morgan fingerprint density at radius 2 is 1.41 bits per heavy atom. The van der Waals surface area contributed by atoms with Crippen LogP contribution in [-0.4, -0.2) is 9.78 Å². The first-order valence-electron chi connectivity index (χ1n) is 9.80. The highest BCUT2D eigenvalue weighted by Crippen LogP contribution is 2.38. The van der Waals surface area contributed by atoms with Crippen molar-refractivity contribution in [1.82, 2.24) is 9.78 Å². The van der Waals surface area contributed by atoms with Gasteiger partial charge in [-0.15, -0.1) is 0 Å². The molecule has 5 rings (SSSR count). The molecule has 4 nitrogen and oxygen atoms in total. The number of fused-ring (bicyclic) bond motifs is 1. The van der Waals surface area contributed by atoms with Crippen molar-refractivity contribution in [1.29, 1.82) is 0 Å². The van der Waals surface area contributed by atoms with Gasteiger partial charge in [0.1, 0.15) is 5.69 Å². The molecule has 4 aromatic rings. The number of nitrogens with zero attached hydrogens (tertiary/aromatic N) is 2. The van der Waals surface area contributed by atoms with E-state index in [0.29, 0.717) is 0 Å². The highest BCUT2D eigenvalue weighted by atomic mass is 15.4. The lowest BCUT2D eigenvalue weighted by molar-refractivity contribution is 0.845. The average molecular weight is 378 g/mol. The van der Waals surface area contributed by atoms with E-state index < -0.39 is 0 Å². The Morgan fingerprint density at radius 3 is 2.10 bits per heavy atom. The molecule has 0 unspecified atom stereocenters. The maximum absolute atomic E-state index is 4.82. The van der Waals surface area contributed by atoms with Crippen LogP contribution in [0.1, 0.15) is 22.9 Å². The van der Waals surface area contributed by atoms with Crippen molar-refractivity contribution >= 4 is 17.2 Å². The smallest absolute Gasteiger partial charge is 0.154 e. The molecule has 142 valence electrons. The molecule has 4 heteroatoms. The number of benzene rings is 3. The number of hydrogen-bond acceptors (Lipinski definition) is 3. The quantitative estimate of drug-likeness (QED) is 0.473. The first-order chi connectivity index (χ1) is 14.3. The molecular weight excluding hydrogens is 356 g/mol. The molecule has 2 heterocycles. The Bertz CT molecular complexity index is 1150. The van der Waals surface area contributed by atoms with Crippen LogP contribution in [0, 0.1) is 6.92 Å². The van der Waals surface area contributed by atoms with Crippen molar-refractivity contribution in [2.45, 2.75) is 13.0 Å². The molecular formula is C25H22N4. The van der Waals surface area contributed by atoms with Crippen molar-refractivity contribution in [2.75, 3.05) is 10.6 Å². The molecule has 0 fully saturated rings. The summed E-state index contributed by atoms with van der Waals surface area (Å²) in [7, 11) is 0. The van der Waals surface area contributed by atoms with Gasteiger partial charge in [0.25, 0.3) is 0 Å². The molecule has 29 heavy (non-hydrogen) atoms. The molecule has 0 radical (unpaired) electrons. The zero-order valence-corrected chi connectivity index (χ0v) is 16.2. The van der Waals surface area contributed by atoms with Gasteiger partial charge in [-0.05, 0) is 36.3 Å². The summed E-state index contributed by atoms with van der Waals surface area (Å²) >= 11 is 0. The molecule has 0 aliphatic carbocycles. The van der Waals surface area contributed by atoms with Crippen LogP contribution in [0.2, 0.25) is 0 Å². The molecule has 0 saturated carbocycles. The van der Waals surface area contributed by atoms with Crippen LogP contribution in [0.3, 0.4) is 0 Å². The summed E-state index contributed by atoms with van der Waals surface area (Å²) in [5.41, 5.74) is 6.40. The third-order valence-corrected chi connectivity index (χ3v) is 5.19. The number of hydrogen-bond donors (Lipinski definition) is 2. The molecule has 2 N–H and O–H groups in total. The predicted octanol–water partition coefficient (Wildman–Crippen LogP) is 5.80. The Balaban J connectivity index is 1.67. The van der Waals surface area contributed by atoms with Crippen molar-refractivity contribution < 1.29 is 0 Å². The highest BCUT2D eigenvalue weighted by molar-refractivity contribution is 5.86. The fraction of sp³-hybridized carbons (Fsp3) is 0.0800. The molecule has 1 aliphatic heterocycles. The molecule has 3 aromatic carbocycles. The molecule has 1 atom stereocenters.